The molecule has 1 N–H and O–H groups in total. The summed E-state index contributed by atoms with van der Waals surface area (Å²) in [5, 5.41) is 6.45. The van der Waals surface area contributed by atoms with Crippen molar-refractivity contribution >= 4 is 40.0 Å². The second-order valence-corrected chi connectivity index (χ2v) is 12.4. The van der Waals surface area contributed by atoms with Gasteiger partial charge < -0.3 is 5.32 Å². The topological polar surface area (TPSA) is 12.0 Å². The summed E-state index contributed by atoms with van der Waals surface area (Å²) in [7, 11) is 0. The predicted molar refractivity (Wildman–Crippen MR) is 184 cm³/mol. The summed E-state index contributed by atoms with van der Waals surface area (Å²) in [6, 6.07) is 52.5. The number of thioether (sulfide) groups is 2. The summed E-state index contributed by atoms with van der Waals surface area (Å²) in [6.07, 6.45) is 2.06. The van der Waals surface area contributed by atoms with Crippen LogP contribution in [0.15, 0.2) is 155 Å². The molecule has 0 radical (unpaired) electrons. The third-order valence-corrected chi connectivity index (χ3v) is 9.94. The molecule has 0 spiro atoms. The number of nitrogens with one attached hydrogen (secondary N) is 1. The zero-order valence-electron chi connectivity index (χ0n) is 23.7. The molecule has 0 aliphatic rings. The molecule has 0 amide bonds. The first-order valence-electron chi connectivity index (χ1n) is 14.6. The van der Waals surface area contributed by atoms with Gasteiger partial charge in [0.1, 0.15) is 0 Å². The van der Waals surface area contributed by atoms with E-state index in [-0.39, 0.29) is 0 Å². The molecule has 1 nitrogen and oxygen atoms in total. The van der Waals surface area contributed by atoms with Crippen molar-refractivity contribution in [3.63, 3.8) is 0 Å². The van der Waals surface area contributed by atoms with Crippen molar-refractivity contribution in [2.24, 2.45) is 0 Å². The molecule has 0 atom stereocenters. The number of aryl methyl sites for hydroxylation is 2. The van der Waals surface area contributed by atoms with Crippen molar-refractivity contribution in [2.75, 3.05) is 5.32 Å². The van der Waals surface area contributed by atoms with Crippen LogP contribution in [0.25, 0.3) is 10.8 Å². The van der Waals surface area contributed by atoms with Crippen LogP contribution in [0.2, 0.25) is 0 Å². The van der Waals surface area contributed by atoms with Gasteiger partial charge in [0.2, 0.25) is 0 Å². The first kappa shape index (κ1) is 28.2. The quantitative estimate of drug-likeness (QED) is 0.144. The summed E-state index contributed by atoms with van der Waals surface area (Å²) in [6.45, 7) is 0.802. The molecular formula is C39H35NS2. The molecular weight excluding hydrogens is 547 g/mol. The Balaban J connectivity index is 1.38. The van der Waals surface area contributed by atoms with Crippen molar-refractivity contribution < 1.29 is 0 Å². The van der Waals surface area contributed by atoms with E-state index in [1.165, 1.54) is 54.1 Å². The SMILES string of the molecule is c1ccc(CCc2ccc3c(SCc4ccccc4)c(NCc4ccccc4)ccc3c2SCc2ccccc2)cc1. The fourth-order valence-electron chi connectivity index (χ4n) is 5.23. The fourth-order valence-corrected chi connectivity index (χ4v) is 7.56. The molecule has 0 aromatic heterocycles. The van der Waals surface area contributed by atoms with Gasteiger partial charge in [-0.1, -0.05) is 140 Å². The molecule has 0 saturated heterocycles. The first-order chi connectivity index (χ1) is 20.8. The van der Waals surface area contributed by atoms with Crippen molar-refractivity contribution in [1.29, 1.82) is 0 Å². The van der Waals surface area contributed by atoms with Crippen LogP contribution in [-0.2, 0) is 30.9 Å². The van der Waals surface area contributed by atoms with E-state index in [1.807, 2.05) is 23.5 Å². The van der Waals surface area contributed by atoms with E-state index in [2.05, 4.69) is 151 Å². The monoisotopic (exact) mass is 581 g/mol. The predicted octanol–water partition coefficient (Wildman–Crippen LogP) is 10.8. The molecule has 3 heteroatoms. The summed E-state index contributed by atoms with van der Waals surface area (Å²) < 4.78 is 0. The van der Waals surface area contributed by atoms with E-state index in [0.29, 0.717) is 0 Å². The maximum Gasteiger partial charge on any atom is 0.0487 e. The molecule has 208 valence electrons. The third-order valence-electron chi connectivity index (χ3n) is 7.49. The van der Waals surface area contributed by atoms with E-state index < -0.39 is 0 Å². The van der Waals surface area contributed by atoms with Gasteiger partial charge in [-0.25, -0.2) is 0 Å². The van der Waals surface area contributed by atoms with Gasteiger partial charge in [0.15, 0.2) is 0 Å². The van der Waals surface area contributed by atoms with Crippen LogP contribution in [0.4, 0.5) is 5.69 Å². The molecule has 0 bridgehead atoms. The number of rotatable bonds is 12. The lowest BCUT2D eigenvalue weighted by Crippen LogP contribution is -2.02. The normalized spacial score (nSPS) is 11.0. The molecule has 0 heterocycles. The van der Waals surface area contributed by atoms with Crippen molar-refractivity contribution in [1.82, 2.24) is 0 Å². The minimum Gasteiger partial charge on any atom is -0.380 e. The van der Waals surface area contributed by atoms with Gasteiger partial charge in [-0.2, -0.15) is 0 Å². The van der Waals surface area contributed by atoms with E-state index in [0.717, 1.165) is 30.9 Å². The van der Waals surface area contributed by atoms with Crippen LogP contribution in [0.3, 0.4) is 0 Å². The Morgan fingerprint density at radius 3 is 1.48 bits per heavy atom. The highest BCUT2D eigenvalue weighted by Crippen LogP contribution is 2.42. The Labute approximate surface area is 258 Å². The van der Waals surface area contributed by atoms with Crippen LogP contribution in [0, 0.1) is 0 Å². The van der Waals surface area contributed by atoms with Crippen LogP contribution in [0.5, 0.6) is 0 Å². The standard InChI is InChI=1S/C39H35NS2/c1-5-13-30(14-6-1)21-22-34-23-24-36-35(38(34)41-28-32-17-9-3-10-18-32)25-26-37(40-27-31-15-7-2-8-16-31)39(36)42-29-33-19-11-4-12-20-33/h1-20,23-26,40H,21-22,27-29H2. The van der Waals surface area contributed by atoms with E-state index >= 15 is 0 Å². The van der Waals surface area contributed by atoms with Crippen molar-refractivity contribution in [3.8, 4) is 0 Å². The average molecular weight is 582 g/mol. The maximum atomic E-state index is 3.77. The summed E-state index contributed by atoms with van der Waals surface area (Å²) in [5.74, 6) is 1.89. The fraction of sp³-hybridized carbons (Fsp3) is 0.128. The lowest BCUT2D eigenvalue weighted by Gasteiger charge is -2.19. The van der Waals surface area contributed by atoms with E-state index in [4.69, 9.17) is 0 Å². The first-order valence-corrected chi connectivity index (χ1v) is 16.5. The summed E-state index contributed by atoms with van der Waals surface area (Å²) in [5.41, 5.74) is 7.99. The molecule has 0 unspecified atom stereocenters. The number of fused-ring (bicyclic) bond motifs is 1. The Morgan fingerprint density at radius 2 is 0.881 bits per heavy atom. The Morgan fingerprint density at radius 1 is 0.405 bits per heavy atom. The van der Waals surface area contributed by atoms with Crippen LogP contribution < -0.4 is 5.32 Å². The van der Waals surface area contributed by atoms with Gasteiger partial charge in [0, 0.05) is 33.5 Å². The number of hydrogen-bond acceptors (Lipinski definition) is 3. The van der Waals surface area contributed by atoms with Crippen molar-refractivity contribution in [2.45, 2.75) is 40.7 Å². The van der Waals surface area contributed by atoms with Crippen LogP contribution in [0.1, 0.15) is 27.8 Å². The maximum absolute atomic E-state index is 3.77. The third kappa shape index (κ3) is 7.28. The largest absolute Gasteiger partial charge is 0.380 e. The minimum absolute atomic E-state index is 0.802. The molecule has 0 aliphatic heterocycles. The van der Waals surface area contributed by atoms with Gasteiger partial charge >= 0.3 is 0 Å². The number of anilines is 1. The van der Waals surface area contributed by atoms with Gasteiger partial charge in [-0.15, -0.1) is 23.5 Å². The Bertz CT molecular complexity index is 1570. The minimum atomic E-state index is 0.802. The Hall–Kier alpha value is -3.92. The second-order valence-electron chi connectivity index (χ2n) is 10.5. The van der Waals surface area contributed by atoms with E-state index in [1.54, 1.807) is 0 Å². The lowest BCUT2D eigenvalue weighted by molar-refractivity contribution is 0.940. The van der Waals surface area contributed by atoms with Gasteiger partial charge in [-0.05, 0) is 57.5 Å². The number of hydrogen-bond donors (Lipinski definition) is 1. The molecule has 0 fully saturated rings. The average Bonchev–Trinajstić information content (AvgIpc) is 3.06. The lowest BCUT2D eigenvalue weighted by atomic mass is 10.0. The van der Waals surface area contributed by atoms with E-state index in [9.17, 15) is 0 Å². The van der Waals surface area contributed by atoms with Gasteiger partial charge in [0.05, 0.1) is 0 Å². The molecule has 6 aromatic rings. The molecule has 0 saturated carbocycles. The Kier molecular flexibility index (Phi) is 9.61. The number of benzene rings is 6. The molecule has 0 aliphatic carbocycles. The van der Waals surface area contributed by atoms with Crippen molar-refractivity contribution in [3.05, 3.63) is 173 Å². The second kappa shape index (κ2) is 14.3. The zero-order chi connectivity index (χ0) is 28.4. The smallest absolute Gasteiger partial charge is 0.0487 e. The zero-order valence-corrected chi connectivity index (χ0v) is 25.3. The highest BCUT2D eigenvalue weighted by atomic mass is 32.2. The highest BCUT2D eigenvalue weighted by Gasteiger charge is 2.15. The molecule has 6 aromatic carbocycles. The molecule has 6 rings (SSSR count). The van der Waals surface area contributed by atoms with Crippen LogP contribution >= 0.6 is 23.5 Å². The van der Waals surface area contributed by atoms with Crippen LogP contribution in [-0.4, -0.2) is 0 Å². The summed E-state index contributed by atoms with van der Waals surface area (Å²) >= 11 is 3.91. The van der Waals surface area contributed by atoms with Gasteiger partial charge in [0.25, 0.3) is 0 Å². The highest BCUT2D eigenvalue weighted by molar-refractivity contribution is 7.99. The summed E-state index contributed by atoms with van der Waals surface area (Å²) in [4.78, 5) is 2.73. The van der Waals surface area contributed by atoms with Gasteiger partial charge in [-0.3, -0.25) is 0 Å². The molecule has 42 heavy (non-hydrogen) atoms.